The number of aldehydes is 1. The minimum atomic E-state index is 0.664. The molecule has 0 radical (unpaired) electrons. The van der Waals surface area contributed by atoms with E-state index >= 15 is 0 Å². The van der Waals surface area contributed by atoms with Crippen molar-refractivity contribution in [3.05, 3.63) is 76.4 Å². The monoisotopic (exact) mass is 293 g/mol. The van der Waals surface area contributed by atoms with Crippen LogP contribution in [0.15, 0.2) is 54.6 Å². The van der Waals surface area contributed by atoms with E-state index in [1.807, 2.05) is 60.7 Å². The molecule has 0 aliphatic heterocycles. The highest BCUT2D eigenvalue weighted by molar-refractivity contribution is 6.31. The third kappa shape index (κ3) is 3.01. The van der Waals surface area contributed by atoms with Crippen molar-refractivity contribution >= 4 is 40.9 Å². The fraction of sp³-hybridized carbons (Fsp3) is 0. The topological polar surface area (TPSA) is 30.0 Å². The number of nitrogens with zero attached hydrogens (tertiary/aromatic N) is 1. The van der Waals surface area contributed by atoms with Crippen molar-refractivity contribution < 1.29 is 4.79 Å². The minimum Gasteiger partial charge on any atom is -0.298 e. The second kappa shape index (κ2) is 5.90. The molecule has 0 spiro atoms. The molecule has 0 atom stereocenters. The number of carbonyl (C=O) groups is 1. The van der Waals surface area contributed by atoms with Crippen molar-refractivity contribution in [2.24, 2.45) is 0 Å². The zero-order valence-electron chi connectivity index (χ0n) is 11.2. The fourth-order valence-electron chi connectivity index (χ4n) is 2.14. The third-order valence-corrected chi connectivity index (χ3v) is 3.47. The number of fused-ring (bicyclic) bond motifs is 1. The number of benzene rings is 2. The Morgan fingerprint density at radius 3 is 2.48 bits per heavy atom. The Labute approximate surface area is 127 Å². The first-order chi connectivity index (χ1) is 10.3. The first kappa shape index (κ1) is 13.5. The molecular weight excluding hydrogens is 282 g/mol. The SMILES string of the molecule is O=Cc1ccccc1C=Cc1ccc2ccc(Cl)cc2n1. The van der Waals surface area contributed by atoms with Crippen LogP contribution in [0.2, 0.25) is 5.02 Å². The number of pyridine rings is 1. The molecule has 0 amide bonds. The van der Waals surface area contributed by atoms with Gasteiger partial charge < -0.3 is 0 Å². The van der Waals surface area contributed by atoms with Crippen LogP contribution in [0.25, 0.3) is 23.1 Å². The third-order valence-electron chi connectivity index (χ3n) is 3.23. The molecule has 1 aromatic heterocycles. The van der Waals surface area contributed by atoms with E-state index in [9.17, 15) is 4.79 Å². The Hall–Kier alpha value is -2.45. The molecule has 1 heterocycles. The smallest absolute Gasteiger partial charge is 0.150 e. The van der Waals surface area contributed by atoms with Gasteiger partial charge in [0.15, 0.2) is 6.29 Å². The van der Waals surface area contributed by atoms with Crippen molar-refractivity contribution in [3.63, 3.8) is 0 Å². The Balaban J connectivity index is 1.97. The van der Waals surface area contributed by atoms with Crippen LogP contribution < -0.4 is 0 Å². The van der Waals surface area contributed by atoms with Crippen LogP contribution in [0.1, 0.15) is 21.6 Å². The van der Waals surface area contributed by atoms with Crippen molar-refractivity contribution in [2.45, 2.75) is 0 Å². The van der Waals surface area contributed by atoms with Gasteiger partial charge >= 0.3 is 0 Å². The summed E-state index contributed by atoms with van der Waals surface area (Å²) in [6.07, 6.45) is 4.64. The number of hydrogen-bond acceptors (Lipinski definition) is 2. The zero-order valence-corrected chi connectivity index (χ0v) is 11.9. The number of aromatic nitrogens is 1. The average molecular weight is 294 g/mol. The molecule has 0 unspecified atom stereocenters. The zero-order chi connectivity index (χ0) is 14.7. The first-order valence-corrected chi connectivity index (χ1v) is 6.93. The number of carbonyl (C=O) groups excluding carboxylic acids is 1. The van der Waals surface area contributed by atoms with Crippen molar-refractivity contribution in [1.29, 1.82) is 0 Å². The summed E-state index contributed by atoms with van der Waals surface area (Å²) in [5, 5.41) is 1.72. The van der Waals surface area contributed by atoms with Gasteiger partial charge in [-0.1, -0.05) is 54.1 Å². The van der Waals surface area contributed by atoms with Gasteiger partial charge in [-0.3, -0.25) is 4.79 Å². The molecule has 3 rings (SSSR count). The van der Waals surface area contributed by atoms with E-state index in [0.29, 0.717) is 10.6 Å². The lowest BCUT2D eigenvalue weighted by molar-refractivity contribution is 0.112. The van der Waals surface area contributed by atoms with Crippen LogP contribution in [0, 0.1) is 0 Å². The van der Waals surface area contributed by atoms with Crippen molar-refractivity contribution in [3.8, 4) is 0 Å². The van der Waals surface area contributed by atoms with Crippen LogP contribution in [-0.2, 0) is 0 Å². The summed E-state index contributed by atoms with van der Waals surface area (Å²) in [5.41, 5.74) is 3.22. The molecule has 3 heteroatoms. The van der Waals surface area contributed by atoms with E-state index in [1.54, 1.807) is 6.07 Å². The maximum Gasteiger partial charge on any atom is 0.150 e. The number of halogens is 1. The molecule has 2 nitrogen and oxygen atoms in total. The van der Waals surface area contributed by atoms with Gasteiger partial charge in [-0.2, -0.15) is 0 Å². The van der Waals surface area contributed by atoms with Gasteiger partial charge in [0.2, 0.25) is 0 Å². The van der Waals surface area contributed by atoms with Crippen LogP contribution in [0.4, 0.5) is 0 Å². The van der Waals surface area contributed by atoms with Gasteiger partial charge in [0.1, 0.15) is 0 Å². The van der Waals surface area contributed by atoms with E-state index in [2.05, 4.69) is 4.98 Å². The van der Waals surface area contributed by atoms with Crippen LogP contribution >= 0.6 is 11.6 Å². The number of hydrogen-bond donors (Lipinski definition) is 0. The minimum absolute atomic E-state index is 0.664. The lowest BCUT2D eigenvalue weighted by Crippen LogP contribution is -1.86. The summed E-state index contributed by atoms with van der Waals surface area (Å²) in [4.78, 5) is 15.5. The molecule has 0 saturated heterocycles. The quantitative estimate of drug-likeness (QED) is 0.645. The molecule has 0 saturated carbocycles. The van der Waals surface area contributed by atoms with Gasteiger partial charge in [-0.15, -0.1) is 0 Å². The van der Waals surface area contributed by atoms with Crippen LogP contribution in [0.3, 0.4) is 0 Å². The van der Waals surface area contributed by atoms with E-state index < -0.39 is 0 Å². The summed E-state index contributed by atoms with van der Waals surface area (Å²) in [6, 6.07) is 17.0. The van der Waals surface area contributed by atoms with E-state index in [0.717, 1.165) is 28.4 Å². The lowest BCUT2D eigenvalue weighted by Gasteiger charge is -2.01. The lowest BCUT2D eigenvalue weighted by atomic mass is 10.1. The van der Waals surface area contributed by atoms with Crippen LogP contribution in [-0.4, -0.2) is 11.3 Å². The molecule has 102 valence electrons. The van der Waals surface area contributed by atoms with Gasteiger partial charge in [-0.05, 0) is 29.8 Å². The largest absolute Gasteiger partial charge is 0.298 e. The first-order valence-electron chi connectivity index (χ1n) is 6.55. The summed E-state index contributed by atoms with van der Waals surface area (Å²) in [7, 11) is 0. The molecule has 0 aliphatic carbocycles. The highest BCUT2D eigenvalue weighted by Crippen LogP contribution is 2.19. The van der Waals surface area contributed by atoms with E-state index in [-0.39, 0.29) is 0 Å². The average Bonchev–Trinajstić information content (AvgIpc) is 2.52. The molecule has 0 fully saturated rings. The Bertz CT molecular complexity index is 839. The van der Waals surface area contributed by atoms with Gasteiger partial charge in [-0.25, -0.2) is 4.98 Å². The maximum atomic E-state index is 11.0. The molecule has 0 bridgehead atoms. The molecule has 0 N–H and O–H groups in total. The van der Waals surface area contributed by atoms with Gasteiger partial charge in [0.25, 0.3) is 0 Å². The molecular formula is C18H12ClNO. The van der Waals surface area contributed by atoms with Crippen molar-refractivity contribution in [2.75, 3.05) is 0 Å². The summed E-state index contributed by atoms with van der Waals surface area (Å²) >= 11 is 5.99. The van der Waals surface area contributed by atoms with Gasteiger partial charge in [0, 0.05) is 16.0 Å². The molecule has 3 aromatic rings. The van der Waals surface area contributed by atoms with Crippen LogP contribution in [0.5, 0.6) is 0 Å². The maximum absolute atomic E-state index is 11.0. The van der Waals surface area contributed by atoms with E-state index in [1.165, 1.54) is 0 Å². The van der Waals surface area contributed by atoms with E-state index in [4.69, 9.17) is 11.6 Å². The predicted octanol–water partition coefficient (Wildman–Crippen LogP) is 4.87. The normalized spacial score (nSPS) is 11.1. The second-order valence-electron chi connectivity index (χ2n) is 4.65. The Kier molecular flexibility index (Phi) is 3.80. The van der Waals surface area contributed by atoms with Crippen molar-refractivity contribution in [1.82, 2.24) is 4.98 Å². The molecule has 2 aromatic carbocycles. The highest BCUT2D eigenvalue weighted by atomic mass is 35.5. The summed E-state index contributed by atoms with van der Waals surface area (Å²) in [5.74, 6) is 0. The highest BCUT2D eigenvalue weighted by Gasteiger charge is 1.99. The fourth-order valence-corrected chi connectivity index (χ4v) is 2.31. The standard InChI is InChI=1S/C18H12ClNO/c19-16-8-5-14-7-10-17(20-18(14)11-16)9-6-13-3-1-2-4-15(13)12-21/h1-12H. The Morgan fingerprint density at radius 1 is 0.905 bits per heavy atom. The number of rotatable bonds is 3. The predicted molar refractivity (Wildman–Crippen MR) is 87.5 cm³/mol. The summed E-state index contributed by atoms with van der Waals surface area (Å²) < 4.78 is 0. The van der Waals surface area contributed by atoms with Gasteiger partial charge in [0.05, 0.1) is 11.2 Å². The second-order valence-corrected chi connectivity index (χ2v) is 5.09. The Morgan fingerprint density at radius 2 is 1.67 bits per heavy atom. The molecule has 0 aliphatic rings. The summed E-state index contributed by atoms with van der Waals surface area (Å²) in [6.45, 7) is 0. The molecule has 21 heavy (non-hydrogen) atoms.